The fraction of sp³-hybridized carbons (Fsp3) is 0.241. The molecular formula is C29H27N3O7. The molecule has 200 valence electrons. The summed E-state index contributed by atoms with van der Waals surface area (Å²) in [6.45, 7) is 0.961. The molecule has 0 saturated heterocycles. The highest BCUT2D eigenvalue weighted by atomic mass is 16.7. The number of methoxy groups -OCH3 is 4. The molecule has 0 aliphatic carbocycles. The summed E-state index contributed by atoms with van der Waals surface area (Å²) in [5.41, 5.74) is 1.72. The van der Waals surface area contributed by atoms with E-state index >= 15 is 0 Å². The minimum Gasteiger partial charge on any atom is -0.493 e. The normalized spacial score (nSPS) is 12.1. The van der Waals surface area contributed by atoms with Crippen LogP contribution in [-0.4, -0.2) is 50.2 Å². The highest BCUT2D eigenvalue weighted by molar-refractivity contribution is 6.11. The Hall–Kier alpha value is -4.86. The molecule has 0 amide bonds. The van der Waals surface area contributed by atoms with E-state index in [4.69, 9.17) is 33.2 Å². The van der Waals surface area contributed by atoms with Crippen LogP contribution < -0.4 is 33.2 Å². The van der Waals surface area contributed by atoms with Crippen molar-refractivity contribution in [1.29, 1.82) is 0 Å². The molecule has 0 bridgehead atoms. The molecule has 5 aromatic rings. The molecule has 2 heterocycles. The summed E-state index contributed by atoms with van der Waals surface area (Å²) in [7, 11) is 6.51. The average Bonchev–Trinajstić information content (AvgIpc) is 3.63. The van der Waals surface area contributed by atoms with Crippen molar-refractivity contribution in [2.75, 3.05) is 35.2 Å². The molecule has 0 spiro atoms. The molecule has 0 atom stereocenters. The summed E-state index contributed by atoms with van der Waals surface area (Å²) >= 11 is 0. The molecule has 1 aliphatic heterocycles. The van der Waals surface area contributed by atoms with Crippen LogP contribution in [0.1, 0.15) is 11.3 Å². The maximum atomic E-state index is 5.90. The molecule has 0 unspecified atom stereocenters. The van der Waals surface area contributed by atoms with Gasteiger partial charge in [-0.15, -0.1) is 5.10 Å². The van der Waals surface area contributed by atoms with Crippen LogP contribution in [-0.2, 0) is 13.2 Å². The monoisotopic (exact) mass is 529 g/mol. The Bertz CT molecular complexity index is 1680. The lowest BCUT2D eigenvalue weighted by atomic mass is 9.96. The summed E-state index contributed by atoms with van der Waals surface area (Å²) in [4.78, 5) is 0. The van der Waals surface area contributed by atoms with Gasteiger partial charge in [0, 0.05) is 6.07 Å². The molecule has 6 rings (SSSR count). The van der Waals surface area contributed by atoms with E-state index in [0.29, 0.717) is 52.5 Å². The largest absolute Gasteiger partial charge is 0.493 e. The summed E-state index contributed by atoms with van der Waals surface area (Å²) in [5.74, 6) is 4.63. The first-order valence-corrected chi connectivity index (χ1v) is 12.2. The molecule has 1 aliphatic rings. The third kappa shape index (κ3) is 4.54. The molecule has 0 fully saturated rings. The van der Waals surface area contributed by atoms with Crippen molar-refractivity contribution in [3.8, 4) is 40.2 Å². The van der Waals surface area contributed by atoms with E-state index in [2.05, 4.69) is 16.4 Å². The van der Waals surface area contributed by atoms with Crippen LogP contribution in [0, 0.1) is 0 Å². The van der Waals surface area contributed by atoms with Crippen molar-refractivity contribution in [1.82, 2.24) is 15.0 Å². The first-order valence-electron chi connectivity index (χ1n) is 12.2. The molecule has 1 aromatic heterocycles. The van der Waals surface area contributed by atoms with Gasteiger partial charge in [0.1, 0.15) is 18.1 Å². The number of rotatable bonds is 9. The second-order valence-electron chi connectivity index (χ2n) is 8.93. The van der Waals surface area contributed by atoms with Crippen LogP contribution in [0.2, 0.25) is 0 Å². The van der Waals surface area contributed by atoms with Crippen LogP contribution in [0.5, 0.6) is 40.2 Å². The zero-order chi connectivity index (χ0) is 26.9. The van der Waals surface area contributed by atoms with E-state index in [1.54, 1.807) is 39.2 Å². The highest BCUT2D eigenvalue weighted by Gasteiger charge is 2.17. The number of nitrogens with zero attached hydrogens (tertiary/aromatic N) is 3. The molecule has 4 aromatic carbocycles. The maximum Gasteiger partial charge on any atom is 0.231 e. The minimum absolute atomic E-state index is 0.218. The second kappa shape index (κ2) is 10.1. The molecular weight excluding hydrogens is 502 g/mol. The van der Waals surface area contributed by atoms with E-state index in [-0.39, 0.29) is 13.4 Å². The van der Waals surface area contributed by atoms with E-state index in [0.717, 1.165) is 27.1 Å². The van der Waals surface area contributed by atoms with Crippen molar-refractivity contribution in [2.24, 2.45) is 0 Å². The standard InChI is InChI=1S/C29H27N3O7/c1-33-25-8-17-7-18(22-11-27(35-3)28(36-4)12-23(22)21(17)10-26(25)34-2)13-32-14-19(30-31-32)15-37-20-5-6-24-29(9-20)39-16-38-24/h5-12,14H,13,15-16H2,1-4H3. The van der Waals surface area contributed by atoms with Crippen molar-refractivity contribution >= 4 is 21.5 Å². The summed E-state index contributed by atoms with van der Waals surface area (Å²) in [6, 6.07) is 15.5. The van der Waals surface area contributed by atoms with Crippen molar-refractivity contribution in [3.63, 3.8) is 0 Å². The van der Waals surface area contributed by atoms with Gasteiger partial charge < -0.3 is 33.2 Å². The highest BCUT2D eigenvalue weighted by Crippen LogP contribution is 2.41. The predicted molar refractivity (Wildman–Crippen MR) is 144 cm³/mol. The Labute approximate surface area is 224 Å². The van der Waals surface area contributed by atoms with Gasteiger partial charge >= 0.3 is 0 Å². The minimum atomic E-state index is 0.218. The number of fused-ring (bicyclic) bond motifs is 4. The molecule has 10 heteroatoms. The van der Waals surface area contributed by atoms with Gasteiger partial charge in [0.25, 0.3) is 0 Å². The molecule has 0 radical (unpaired) electrons. The van der Waals surface area contributed by atoms with Crippen LogP contribution in [0.25, 0.3) is 21.5 Å². The lowest BCUT2D eigenvalue weighted by Gasteiger charge is -2.16. The zero-order valence-electron chi connectivity index (χ0n) is 22.0. The zero-order valence-corrected chi connectivity index (χ0v) is 22.0. The van der Waals surface area contributed by atoms with E-state index in [1.165, 1.54) is 0 Å². The van der Waals surface area contributed by atoms with Gasteiger partial charge in [0.2, 0.25) is 6.79 Å². The van der Waals surface area contributed by atoms with Gasteiger partial charge in [0.15, 0.2) is 34.5 Å². The molecule has 0 N–H and O–H groups in total. The number of ether oxygens (including phenoxy) is 7. The van der Waals surface area contributed by atoms with Crippen LogP contribution in [0.4, 0.5) is 0 Å². The first-order chi connectivity index (χ1) is 19.1. The number of benzene rings is 4. The van der Waals surface area contributed by atoms with E-state index in [1.807, 2.05) is 42.6 Å². The number of hydrogen-bond donors (Lipinski definition) is 0. The van der Waals surface area contributed by atoms with Crippen molar-refractivity contribution < 1.29 is 33.2 Å². The Morgan fingerprint density at radius 3 is 2.15 bits per heavy atom. The summed E-state index contributed by atoms with van der Waals surface area (Å²) < 4.78 is 40.8. The van der Waals surface area contributed by atoms with Gasteiger partial charge in [-0.2, -0.15) is 0 Å². The Balaban J connectivity index is 1.34. The van der Waals surface area contributed by atoms with Crippen LogP contribution in [0.15, 0.2) is 54.7 Å². The molecule has 10 nitrogen and oxygen atoms in total. The summed E-state index contributed by atoms with van der Waals surface area (Å²) in [5, 5.41) is 12.6. The third-order valence-electron chi connectivity index (χ3n) is 6.69. The smallest absolute Gasteiger partial charge is 0.231 e. The van der Waals surface area contributed by atoms with Gasteiger partial charge in [-0.1, -0.05) is 5.21 Å². The van der Waals surface area contributed by atoms with Gasteiger partial charge in [-0.25, -0.2) is 4.68 Å². The Morgan fingerprint density at radius 2 is 1.41 bits per heavy atom. The fourth-order valence-electron chi connectivity index (χ4n) is 4.79. The fourth-order valence-corrected chi connectivity index (χ4v) is 4.79. The van der Waals surface area contributed by atoms with Gasteiger partial charge in [-0.05, 0) is 69.6 Å². The quantitative estimate of drug-likeness (QED) is 0.245. The van der Waals surface area contributed by atoms with Crippen molar-refractivity contribution in [3.05, 3.63) is 66.0 Å². The molecule has 0 saturated carbocycles. The third-order valence-corrected chi connectivity index (χ3v) is 6.69. The average molecular weight is 530 g/mol. The predicted octanol–water partition coefficient (Wildman–Crippen LogP) is 4.97. The summed E-state index contributed by atoms with van der Waals surface area (Å²) in [6.07, 6.45) is 1.87. The van der Waals surface area contributed by atoms with E-state index < -0.39 is 0 Å². The molecule has 39 heavy (non-hydrogen) atoms. The van der Waals surface area contributed by atoms with E-state index in [9.17, 15) is 0 Å². The maximum absolute atomic E-state index is 5.90. The second-order valence-corrected chi connectivity index (χ2v) is 8.93. The number of hydrogen-bond acceptors (Lipinski definition) is 9. The Kier molecular flexibility index (Phi) is 6.36. The van der Waals surface area contributed by atoms with Crippen molar-refractivity contribution in [2.45, 2.75) is 13.2 Å². The van der Waals surface area contributed by atoms with Gasteiger partial charge in [-0.3, -0.25) is 0 Å². The SMILES string of the molecule is COc1cc2cc(Cn3cc(COc4ccc5c(c4)OCO5)nn3)c3cc(OC)c(OC)cc3c2cc1OC. The number of aromatic nitrogens is 3. The topological polar surface area (TPSA) is 95.3 Å². The lowest BCUT2D eigenvalue weighted by molar-refractivity contribution is 0.173. The van der Waals surface area contributed by atoms with Crippen LogP contribution >= 0.6 is 0 Å². The first kappa shape index (κ1) is 24.5. The van der Waals surface area contributed by atoms with Crippen LogP contribution in [0.3, 0.4) is 0 Å². The van der Waals surface area contributed by atoms with Gasteiger partial charge in [0.05, 0.1) is 41.2 Å². The lowest BCUT2D eigenvalue weighted by Crippen LogP contribution is -2.02. The Morgan fingerprint density at radius 1 is 0.744 bits per heavy atom.